The third-order valence-corrected chi connectivity index (χ3v) is 4.30. The second kappa shape index (κ2) is 7.18. The lowest BCUT2D eigenvalue weighted by atomic mass is 9.98. The first-order valence-electron chi connectivity index (χ1n) is 7.59. The van der Waals surface area contributed by atoms with Crippen molar-refractivity contribution in [3.8, 4) is 0 Å². The standard InChI is InChI=1S/C16H20BrN3O/c17-12-10-15-16(20-11-12)14(6-7-18-15)19-8-9-21-13-4-2-1-3-5-13/h6-7,10-11,13H,1-5,8-9H2,(H,18,19). The number of nitrogens with one attached hydrogen (secondary N) is 1. The number of rotatable bonds is 5. The van der Waals surface area contributed by atoms with Gasteiger partial charge in [-0.05, 0) is 40.9 Å². The summed E-state index contributed by atoms with van der Waals surface area (Å²) in [5, 5.41) is 3.40. The van der Waals surface area contributed by atoms with Crippen LogP contribution in [-0.4, -0.2) is 29.2 Å². The molecule has 0 aromatic carbocycles. The molecule has 0 aliphatic heterocycles. The quantitative estimate of drug-likeness (QED) is 0.823. The molecule has 1 aliphatic rings. The van der Waals surface area contributed by atoms with Crippen molar-refractivity contribution in [3.05, 3.63) is 29.0 Å². The van der Waals surface area contributed by atoms with E-state index in [1.807, 2.05) is 12.1 Å². The predicted molar refractivity (Wildman–Crippen MR) is 88.6 cm³/mol. The van der Waals surface area contributed by atoms with Gasteiger partial charge in [0.05, 0.1) is 23.9 Å². The molecule has 2 aromatic rings. The fraction of sp³-hybridized carbons (Fsp3) is 0.500. The van der Waals surface area contributed by atoms with E-state index in [1.54, 1.807) is 12.4 Å². The van der Waals surface area contributed by atoms with Gasteiger partial charge in [-0.15, -0.1) is 0 Å². The molecule has 1 N–H and O–H groups in total. The Hall–Kier alpha value is -1.20. The maximum Gasteiger partial charge on any atom is 0.112 e. The molecule has 21 heavy (non-hydrogen) atoms. The van der Waals surface area contributed by atoms with Gasteiger partial charge in [0.25, 0.3) is 0 Å². The fourth-order valence-electron chi connectivity index (χ4n) is 2.79. The van der Waals surface area contributed by atoms with E-state index in [2.05, 4.69) is 31.2 Å². The van der Waals surface area contributed by atoms with E-state index in [4.69, 9.17) is 4.74 Å². The maximum atomic E-state index is 5.93. The van der Waals surface area contributed by atoms with Gasteiger partial charge in [-0.3, -0.25) is 9.97 Å². The van der Waals surface area contributed by atoms with Gasteiger partial charge in [-0.1, -0.05) is 19.3 Å². The van der Waals surface area contributed by atoms with Crippen LogP contribution < -0.4 is 5.32 Å². The molecule has 5 heteroatoms. The van der Waals surface area contributed by atoms with E-state index in [0.717, 1.165) is 34.3 Å². The molecule has 0 amide bonds. The molecule has 0 unspecified atom stereocenters. The molecule has 0 spiro atoms. The second-order valence-electron chi connectivity index (χ2n) is 5.44. The van der Waals surface area contributed by atoms with Crippen molar-refractivity contribution in [2.24, 2.45) is 0 Å². The minimum absolute atomic E-state index is 0.462. The van der Waals surface area contributed by atoms with Gasteiger partial charge < -0.3 is 10.1 Å². The van der Waals surface area contributed by atoms with E-state index in [-0.39, 0.29) is 0 Å². The first-order valence-corrected chi connectivity index (χ1v) is 8.38. The lowest BCUT2D eigenvalue weighted by molar-refractivity contribution is 0.0347. The van der Waals surface area contributed by atoms with Crippen LogP contribution in [0.25, 0.3) is 11.0 Å². The third kappa shape index (κ3) is 3.92. The summed E-state index contributed by atoms with van der Waals surface area (Å²) in [5.74, 6) is 0. The van der Waals surface area contributed by atoms with Gasteiger partial charge in [0.1, 0.15) is 5.52 Å². The Morgan fingerprint density at radius 3 is 2.95 bits per heavy atom. The minimum Gasteiger partial charge on any atom is -0.381 e. The van der Waals surface area contributed by atoms with Crippen molar-refractivity contribution < 1.29 is 4.74 Å². The van der Waals surface area contributed by atoms with Gasteiger partial charge in [0, 0.05) is 23.4 Å². The number of nitrogens with zero attached hydrogens (tertiary/aromatic N) is 2. The second-order valence-corrected chi connectivity index (χ2v) is 6.35. The Bertz CT molecular complexity index is 599. The topological polar surface area (TPSA) is 47.0 Å². The molecular formula is C16H20BrN3O. The molecule has 2 aromatic heterocycles. The van der Waals surface area contributed by atoms with Gasteiger partial charge in [0.2, 0.25) is 0 Å². The Morgan fingerprint density at radius 2 is 2.10 bits per heavy atom. The Labute approximate surface area is 133 Å². The highest BCUT2D eigenvalue weighted by atomic mass is 79.9. The molecule has 0 bridgehead atoms. The molecule has 4 nitrogen and oxygen atoms in total. The van der Waals surface area contributed by atoms with E-state index in [0.29, 0.717) is 6.10 Å². The van der Waals surface area contributed by atoms with Crippen LogP contribution in [0.1, 0.15) is 32.1 Å². The number of hydrogen-bond donors (Lipinski definition) is 1. The van der Waals surface area contributed by atoms with Crippen LogP contribution in [0.5, 0.6) is 0 Å². The largest absolute Gasteiger partial charge is 0.381 e. The molecule has 0 atom stereocenters. The number of pyridine rings is 2. The first kappa shape index (κ1) is 14.7. The van der Waals surface area contributed by atoms with Crippen molar-refractivity contribution in [3.63, 3.8) is 0 Å². The summed E-state index contributed by atoms with van der Waals surface area (Å²) >= 11 is 3.42. The average Bonchev–Trinajstić information content (AvgIpc) is 2.52. The number of hydrogen-bond acceptors (Lipinski definition) is 4. The molecule has 1 aliphatic carbocycles. The Kier molecular flexibility index (Phi) is 5.04. The fourth-order valence-corrected chi connectivity index (χ4v) is 3.11. The zero-order valence-corrected chi connectivity index (χ0v) is 13.6. The number of ether oxygens (including phenoxy) is 1. The van der Waals surface area contributed by atoms with Crippen LogP contribution in [0.3, 0.4) is 0 Å². The van der Waals surface area contributed by atoms with Crippen molar-refractivity contribution in [1.82, 2.24) is 9.97 Å². The van der Waals surface area contributed by atoms with Crippen LogP contribution >= 0.6 is 15.9 Å². The smallest absolute Gasteiger partial charge is 0.112 e. The molecular weight excluding hydrogens is 330 g/mol. The minimum atomic E-state index is 0.462. The molecule has 1 saturated carbocycles. The monoisotopic (exact) mass is 349 g/mol. The van der Waals surface area contributed by atoms with Crippen molar-refractivity contribution >= 4 is 32.7 Å². The highest BCUT2D eigenvalue weighted by Gasteiger charge is 2.13. The molecule has 112 valence electrons. The van der Waals surface area contributed by atoms with E-state index >= 15 is 0 Å². The predicted octanol–water partition coefficient (Wildman–Crippen LogP) is 4.15. The summed E-state index contributed by atoms with van der Waals surface area (Å²) in [4.78, 5) is 8.78. The number of aromatic nitrogens is 2. The van der Waals surface area contributed by atoms with E-state index < -0.39 is 0 Å². The van der Waals surface area contributed by atoms with Crippen LogP contribution in [0, 0.1) is 0 Å². The van der Waals surface area contributed by atoms with Crippen LogP contribution in [0.4, 0.5) is 5.69 Å². The third-order valence-electron chi connectivity index (χ3n) is 3.87. The number of anilines is 1. The lowest BCUT2D eigenvalue weighted by Crippen LogP contribution is -2.20. The zero-order chi connectivity index (χ0) is 14.5. The van der Waals surface area contributed by atoms with Crippen molar-refractivity contribution in [2.75, 3.05) is 18.5 Å². The first-order chi connectivity index (χ1) is 10.3. The van der Waals surface area contributed by atoms with Crippen molar-refractivity contribution in [1.29, 1.82) is 0 Å². The molecule has 0 radical (unpaired) electrons. The lowest BCUT2D eigenvalue weighted by Gasteiger charge is -2.22. The average molecular weight is 350 g/mol. The highest BCUT2D eigenvalue weighted by Crippen LogP contribution is 2.22. The van der Waals surface area contributed by atoms with Gasteiger partial charge in [-0.2, -0.15) is 0 Å². The van der Waals surface area contributed by atoms with Crippen molar-refractivity contribution in [2.45, 2.75) is 38.2 Å². The molecule has 3 rings (SSSR count). The molecule has 2 heterocycles. The van der Waals surface area contributed by atoms with Crippen LogP contribution in [0.2, 0.25) is 0 Å². The normalized spacial score (nSPS) is 16.2. The molecule has 1 fully saturated rings. The Balaban J connectivity index is 1.55. The van der Waals surface area contributed by atoms with Crippen LogP contribution in [0.15, 0.2) is 29.0 Å². The number of fused-ring (bicyclic) bond motifs is 1. The summed E-state index contributed by atoms with van der Waals surface area (Å²) in [6, 6.07) is 3.94. The molecule has 0 saturated heterocycles. The zero-order valence-electron chi connectivity index (χ0n) is 12.0. The SMILES string of the molecule is Brc1cnc2c(NCCOC3CCCCC3)ccnc2c1. The summed E-state index contributed by atoms with van der Waals surface area (Å²) in [6.07, 6.45) is 10.5. The number of halogens is 1. The summed E-state index contributed by atoms with van der Waals surface area (Å²) in [5.41, 5.74) is 2.81. The summed E-state index contributed by atoms with van der Waals surface area (Å²) < 4.78 is 6.87. The summed E-state index contributed by atoms with van der Waals surface area (Å²) in [6.45, 7) is 1.54. The van der Waals surface area contributed by atoms with Crippen LogP contribution in [-0.2, 0) is 4.74 Å². The van der Waals surface area contributed by atoms with E-state index in [9.17, 15) is 0 Å². The van der Waals surface area contributed by atoms with Gasteiger partial charge in [0.15, 0.2) is 0 Å². The summed E-state index contributed by atoms with van der Waals surface area (Å²) in [7, 11) is 0. The van der Waals surface area contributed by atoms with E-state index in [1.165, 1.54) is 32.1 Å². The maximum absolute atomic E-state index is 5.93. The van der Waals surface area contributed by atoms with Gasteiger partial charge >= 0.3 is 0 Å². The Morgan fingerprint density at radius 1 is 1.24 bits per heavy atom. The highest BCUT2D eigenvalue weighted by molar-refractivity contribution is 9.10. The van der Waals surface area contributed by atoms with Gasteiger partial charge in [-0.25, -0.2) is 0 Å².